The van der Waals surface area contributed by atoms with Crippen molar-refractivity contribution in [3.05, 3.63) is 36.4 Å². The molecule has 5 nitrogen and oxygen atoms in total. The number of nitrogens with zero attached hydrogens (tertiary/aromatic N) is 3. The second-order valence-corrected chi connectivity index (χ2v) is 5.39. The average Bonchev–Trinajstić information content (AvgIpc) is 3.17. The lowest BCUT2D eigenvalue weighted by Crippen LogP contribution is -2.14. The van der Waals surface area contributed by atoms with Crippen LogP contribution in [0.4, 0.5) is 0 Å². The number of imidazole rings is 1. The number of rotatable bonds is 2. The van der Waals surface area contributed by atoms with Gasteiger partial charge < -0.3 is 10.3 Å². The van der Waals surface area contributed by atoms with Crippen LogP contribution in [0.5, 0.6) is 0 Å². The van der Waals surface area contributed by atoms with Gasteiger partial charge in [0.2, 0.25) is 0 Å². The van der Waals surface area contributed by atoms with Gasteiger partial charge in [-0.25, -0.2) is 4.98 Å². The summed E-state index contributed by atoms with van der Waals surface area (Å²) >= 11 is 0. The third-order valence-corrected chi connectivity index (χ3v) is 3.98. The van der Waals surface area contributed by atoms with E-state index in [4.69, 9.17) is 0 Å². The van der Waals surface area contributed by atoms with Gasteiger partial charge in [0.25, 0.3) is 0 Å². The molecule has 102 valence electrons. The summed E-state index contributed by atoms with van der Waals surface area (Å²) in [6.07, 6.45) is 6.22. The van der Waals surface area contributed by atoms with Crippen LogP contribution < -0.4 is 5.32 Å². The van der Waals surface area contributed by atoms with E-state index < -0.39 is 0 Å². The molecule has 0 aliphatic carbocycles. The van der Waals surface area contributed by atoms with E-state index >= 15 is 0 Å². The van der Waals surface area contributed by atoms with Crippen LogP contribution >= 0.6 is 0 Å². The number of hydrogen-bond acceptors (Lipinski definition) is 3. The summed E-state index contributed by atoms with van der Waals surface area (Å²) < 4.78 is 1.90. The van der Waals surface area contributed by atoms with Crippen molar-refractivity contribution in [2.75, 3.05) is 6.54 Å². The molecular weight excluding hydrogens is 250 g/mol. The smallest absolute Gasteiger partial charge is 0.0931 e. The number of aromatic amines is 1. The summed E-state index contributed by atoms with van der Waals surface area (Å²) in [6, 6.07) is 6.71. The van der Waals surface area contributed by atoms with Gasteiger partial charge in [0, 0.05) is 18.8 Å². The molecule has 0 amide bonds. The van der Waals surface area contributed by atoms with Crippen LogP contribution in [0.2, 0.25) is 0 Å². The lowest BCUT2D eigenvalue weighted by atomic mass is 10.0. The molecule has 1 aliphatic rings. The monoisotopic (exact) mass is 267 g/mol. The van der Waals surface area contributed by atoms with Gasteiger partial charge in [0.05, 0.1) is 29.1 Å². The van der Waals surface area contributed by atoms with Crippen molar-refractivity contribution in [1.29, 1.82) is 0 Å². The third-order valence-electron chi connectivity index (χ3n) is 3.98. The quantitative estimate of drug-likeness (QED) is 0.749. The van der Waals surface area contributed by atoms with Crippen molar-refractivity contribution < 1.29 is 0 Å². The van der Waals surface area contributed by atoms with Crippen LogP contribution in [-0.2, 0) is 7.05 Å². The van der Waals surface area contributed by atoms with Crippen molar-refractivity contribution in [3.63, 3.8) is 0 Å². The predicted octanol–water partition coefficient (Wildman–Crippen LogP) is 2.39. The molecule has 1 atom stereocenters. The highest BCUT2D eigenvalue weighted by Gasteiger charge is 2.23. The Labute approximate surface area is 117 Å². The molecule has 3 heterocycles. The van der Waals surface area contributed by atoms with E-state index in [1.165, 1.54) is 17.5 Å². The van der Waals surface area contributed by atoms with E-state index in [-0.39, 0.29) is 0 Å². The Morgan fingerprint density at radius 3 is 3.15 bits per heavy atom. The Morgan fingerprint density at radius 1 is 1.35 bits per heavy atom. The van der Waals surface area contributed by atoms with Crippen molar-refractivity contribution >= 4 is 11.0 Å². The number of aryl methyl sites for hydroxylation is 1. The highest BCUT2D eigenvalue weighted by Crippen LogP contribution is 2.32. The van der Waals surface area contributed by atoms with E-state index in [0.717, 1.165) is 29.7 Å². The predicted molar refractivity (Wildman–Crippen MR) is 78.3 cm³/mol. The molecule has 20 heavy (non-hydrogen) atoms. The first-order valence-electron chi connectivity index (χ1n) is 7.02. The molecule has 0 spiro atoms. The Hall–Kier alpha value is -2.14. The second kappa shape index (κ2) is 4.45. The molecule has 2 N–H and O–H groups in total. The molecule has 3 aromatic rings. The molecule has 1 fully saturated rings. The van der Waals surface area contributed by atoms with Crippen LogP contribution in [0.1, 0.15) is 24.6 Å². The molecule has 1 unspecified atom stereocenters. The molecule has 1 saturated heterocycles. The van der Waals surface area contributed by atoms with Crippen molar-refractivity contribution in [2.45, 2.75) is 18.9 Å². The molecule has 1 aliphatic heterocycles. The zero-order valence-electron chi connectivity index (χ0n) is 11.4. The lowest BCUT2D eigenvalue weighted by Gasteiger charge is -2.09. The highest BCUT2D eigenvalue weighted by atomic mass is 15.3. The maximum atomic E-state index is 4.67. The minimum atomic E-state index is 0.378. The van der Waals surface area contributed by atoms with Crippen LogP contribution in [-0.4, -0.2) is 26.3 Å². The SMILES string of the molecule is Cn1cc(-c2ccc3nc[nH]c3c2)c(C2CCCN2)n1. The standard InChI is InChI=1S/C15H17N5/c1-20-8-11(15(19-20)13-3-2-6-16-13)10-4-5-12-14(7-10)18-9-17-12/h4-5,7-9,13,16H,2-3,6H2,1H3,(H,17,18). The van der Waals surface area contributed by atoms with Gasteiger partial charge in [0.15, 0.2) is 0 Å². The summed E-state index contributed by atoms with van der Waals surface area (Å²) in [7, 11) is 1.98. The number of benzene rings is 1. The zero-order valence-corrected chi connectivity index (χ0v) is 11.4. The fourth-order valence-corrected chi connectivity index (χ4v) is 3.01. The molecule has 0 bridgehead atoms. The van der Waals surface area contributed by atoms with Crippen molar-refractivity contribution in [1.82, 2.24) is 25.1 Å². The first-order valence-corrected chi connectivity index (χ1v) is 7.02. The zero-order chi connectivity index (χ0) is 13.5. The van der Waals surface area contributed by atoms with Gasteiger partial charge in [-0.05, 0) is 37.1 Å². The third kappa shape index (κ3) is 1.82. The first kappa shape index (κ1) is 11.7. The van der Waals surface area contributed by atoms with Crippen LogP contribution in [0.3, 0.4) is 0 Å². The Kier molecular flexibility index (Phi) is 2.60. The van der Waals surface area contributed by atoms with E-state index in [2.05, 4.69) is 44.8 Å². The topological polar surface area (TPSA) is 58.5 Å². The molecule has 1 aromatic carbocycles. The van der Waals surface area contributed by atoms with Crippen LogP contribution in [0.15, 0.2) is 30.7 Å². The maximum absolute atomic E-state index is 4.67. The minimum Gasteiger partial charge on any atom is -0.345 e. The van der Waals surface area contributed by atoms with Gasteiger partial charge in [-0.1, -0.05) is 6.07 Å². The summed E-state index contributed by atoms with van der Waals surface area (Å²) in [5.74, 6) is 0. The summed E-state index contributed by atoms with van der Waals surface area (Å²) in [6.45, 7) is 1.08. The Bertz CT molecular complexity index is 749. The number of hydrogen-bond donors (Lipinski definition) is 2. The summed E-state index contributed by atoms with van der Waals surface area (Å²) in [5.41, 5.74) is 5.63. The van der Waals surface area contributed by atoms with Crippen LogP contribution in [0.25, 0.3) is 22.2 Å². The fourth-order valence-electron chi connectivity index (χ4n) is 3.01. The molecule has 4 rings (SSSR count). The van der Waals surface area contributed by atoms with Crippen molar-refractivity contribution in [2.24, 2.45) is 7.05 Å². The number of nitrogens with one attached hydrogen (secondary N) is 2. The number of fused-ring (bicyclic) bond motifs is 1. The van der Waals surface area contributed by atoms with Gasteiger partial charge in [-0.15, -0.1) is 0 Å². The molecule has 0 saturated carbocycles. The second-order valence-electron chi connectivity index (χ2n) is 5.39. The molecule has 5 heteroatoms. The largest absolute Gasteiger partial charge is 0.345 e. The van der Waals surface area contributed by atoms with Crippen LogP contribution in [0, 0.1) is 0 Å². The molecule has 0 radical (unpaired) electrons. The molecule has 2 aromatic heterocycles. The van der Waals surface area contributed by atoms with E-state index in [1.807, 2.05) is 11.7 Å². The van der Waals surface area contributed by atoms with Gasteiger partial charge >= 0.3 is 0 Å². The lowest BCUT2D eigenvalue weighted by molar-refractivity contribution is 0.607. The van der Waals surface area contributed by atoms with Gasteiger partial charge in [-0.2, -0.15) is 5.10 Å². The Morgan fingerprint density at radius 2 is 2.30 bits per heavy atom. The average molecular weight is 267 g/mol. The van der Waals surface area contributed by atoms with E-state index in [9.17, 15) is 0 Å². The summed E-state index contributed by atoms with van der Waals surface area (Å²) in [5, 5.41) is 8.20. The van der Waals surface area contributed by atoms with E-state index in [0.29, 0.717) is 6.04 Å². The minimum absolute atomic E-state index is 0.378. The van der Waals surface area contributed by atoms with Gasteiger partial charge in [-0.3, -0.25) is 4.68 Å². The normalized spacial score (nSPS) is 18.9. The van der Waals surface area contributed by atoms with E-state index in [1.54, 1.807) is 6.33 Å². The number of aromatic nitrogens is 4. The first-order chi connectivity index (χ1) is 9.81. The van der Waals surface area contributed by atoms with Gasteiger partial charge in [0.1, 0.15) is 0 Å². The molecular formula is C15H17N5. The highest BCUT2D eigenvalue weighted by molar-refractivity contribution is 5.82. The number of H-pyrrole nitrogens is 1. The Balaban J connectivity index is 1.83. The van der Waals surface area contributed by atoms with Crippen molar-refractivity contribution in [3.8, 4) is 11.1 Å². The fraction of sp³-hybridized carbons (Fsp3) is 0.333. The summed E-state index contributed by atoms with van der Waals surface area (Å²) in [4.78, 5) is 7.44. The maximum Gasteiger partial charge on any atom is 0.0931 e.